The van der Waals surface area contributed by atoms with E-state index in [-0.39, 0.29) is 10.8 Å². The van der Waals surface area contributed by atoms with Crippen molar-refractivity contribution in [1.82, 2.24) is 0 Å². The van der Waals surface area contributed by atoms with E-state index in [1.54, 1.807) is 0 Å². The Hall–Kier alpha value is -6.44. The summed E-state index contributed by atoms with van der Waals surface area (Å²) in [6.07, 6.45) is 8.14. The van der Waals surface area contributed by atoms with E-state index in [9.17, 15) is 0 Å². The zero-order valence-corrected chi connectivity index (χ0v) is 32.6. The molecule has 1 heteroatoms. The monoisotopic (exact) mass is 719 g/mol. The van der Waals surface area contributed by atoms with E-state index < -0.39 is 0 Å². The van der Waals surface area contributed by atoms with E-state index in [0.29, 0.717) is 0 Å². The smallest absolute Gasteiger partial charge is 0.0540 e. The van der Waals surface area contributed by atoms with Crippen LogP contribution in [0.2, 0.25) is 0 Å². The van der Waals surface area contributed by atoms with Gasteiger partial charge in [0.05, 0.1) is 5.69 Å². The van der Waals surface area contributed by atoms with Gasteiger partial charge in [-0.25, -0.2) is 0 Å². The van der Waals surface area contributed by atoms with E-state index in [4.69, 9.17) is 0 Å². The first-order valence-electron chi connectivity index (χ1n) is 19.9. The van der Waals surface area contributed by atoms with Crippen molar-refractivity contribution < 1.29 is 0 Å². The van der Waals surface area contributed by atoms with Gasteiger partial charge in [0.2, 0.25) is 0 Å². The van der Waals surface area contributed by atoms with Crippen molar-refractivity contribution in [3.05, 3.63) is 222 Å². The first-order chi connectivity index (χ1) is 27.3. The number of nitrogens with zero attached hydrogens (tertiary/aromatic N) is 1. The highest BCUT2D eigenvalue weighted by molar-refractivity contribution is 5.92. The molecule has 7 aromatic carbocycles. The molecule has 0 aromatic heterocycles. The first-order valence-corrected chi connectivity index (χ1v) is 19.9. The molecule has 3 aliphatic rings. The summed E-state index contributed by atoms with van der Waals surface area (Å²) in [6, 6.07) is 62.5. The molecule has 0 radical (unpaired) electrons. The molecule has 10 rings (SSSR count). The van der Waals surface area contributed by atoms with Gasteiger partial charge in [0, 0.05) is 27.8 Å². The van der Waals surface area contributed by atoms with Crippen molar-refractivity contribution >= 4 is 16.9 Å². The lowest BCUT2D eigenvalue weighted by Crippen LogP contribution is -2.27. The second-order valence-corrected chi connectivity index (χ2v) is 16.5. The van der Waals surface area contributed by atoms with Crippen LogP contribution in [0.1, 0.15) is 56.4 Å². The number of fused-ring (bicyclic) bond motifs is 7. The van der Waals surface area contributed by atoms with Crippen LogP contribution in [0.25, 0.3) is 50.1 Å². The summed E-state index contributed by atoms with van der Waals surface area (Å²) in [6.45, 7) is 9.60. The fourth-order valence-corrected chi connectivity index (χ4v) is 9.61. The van der Waals surface area contributed by atoms with Gasteiger partial charge in [0.25, 0.3) is 0 Å². The second-order valence-electron chi connectivity index (χ2n) is 16.5. The van der Waals surface area contributed by atoms with Crippen LogP contribution < -0.4 is 4.90 Å². The lowest BCUT2D eigenvalue weighted by Gasteiger charge is -2.37. The minimum atomic E-state index is -0.224. The van der Waals surface area contributed by atoms with Crippen molar-refractivity contribution in [2.45, 2.75) is 44.9 Å². The number of hydrogen-bond donors (Lipinski definition) is 0. The van der Waals surface area contributed by atoms with Crippen LogP contribution in [0.3, 0.4) is 0 Å². The molecule has 0 spiro atoms. The predicted octanol–water partition coefficient (Wildman–Crippen LogP) is 14.7. The van der Waals surface area contributed by atoms with Crippen LogP contribution in [0.5, 0.6) is 0 Å². The van der Waals surface area contributed by atoms with Crippen LogP contribution >= 0.6 is 0 Å². The zero-order chi connectivity index (χ0) is 38.0. The summed E-state index contributed by atoms with van der Waals surface area (Å²) >= 11 is 0. The van der Waals surface area contributed by atoms with Crippen LogP contribution in [0, 0.1) is 0 Å². The third-order valence-electron chi connectivity index (χ3n) is 12.6. The predicted molar refractivity (Wildman–Crippen MR) is 237 cm³/mol. The molecule has 2 bridgehead atoms. The van der Waals surface area contributed by atoms with E-state index in [2.05, 4.69) is 221 Å². The van der Waals surface area contributed by atoms with Crippen LogP contribution in [0.4, 0.5) is 11.4 Å². The summed E-state index contributed by atoms with van der Waals surface area (Å²) in [5, 5.41) is 0. The lowest BCUT2D eigenvalue weighted by molar-refractivity contribution is 0.598. The minimum Gasteiger partial charge on any atom is -0.310 e. The van der Waals surface area contributed by atoms with Crippen molar-refractivity contribution in [2.75, 3.05) is 4.90 Å². The molecule has 0 N–H and O–H groups in total. The van der Waals surface area contributed by atoms with Gasteiger partial charge in [-0.1, -0.05) is 191 Å². The Kier molecular flexibility index (Phi) is 7.97. The number of anilines is 2. The van der Waals surface area contributed by atoms with Crippen LogP contribution in [-0.4, -0.2) is 0 Å². The van der Waals surface area contributed by atoms with Gasteiger partial charge in [-0.3, -0.25) is 0 Å². The van der Waals surface area contributed by atoms with Gasteiger partial charge in [-0.05, 0) is 104 Å². The van der Waals surface area contributed by atoms with Gasteiger partial charge >= 0.3 is 0 Å². The molecule has 0 heterocycles. The van der Waals surface area contributed by atoms with Crippen LogP contribution in [0.15, 0.2) is 199 Å². The average Bonchev–Trinajstić information content (AvgIpc) is 3.34. The Morgan fingerprint density at radius 1 is 0.429 bits per heavy atom. The topological polar surface area (TPSA) is 3.24 Å². The molecular formula is C55H45N. The summed E-state index contributed by atoms with van der Waals surface area (Å²) in [7, 11) is 0. The number of benzene rings is 7. The molecule has 0 saturated heterocycles. The number of para-hydroxylation sites is 1. The lowest BCUT2D eigenvalue weighted by atomic mass is 9.67. The number of rotatable bonds is 6. The molecule has 1 nitrogen and oxygen atoms in total. The molecule has 0 aliphatic heterocycles. The van der Waals surface area contributed by atoms with E-state index >= 15 is 0 Å². The summed E-state index contributed by atoms with van der Waals surface area (Å²) in [4.78, 5) is 2.51. The maximum atomic E-state index is 2.51. The highest BCUT2D eigenvalue weighted by Crippen LogP contribution is 2.54. The average molecular weight is 720 g/mol. The minimum absolute atomic E-state index is 0.0980. The second kappa shape index (κ2) is 13.1. The van der Waals surface area contributed by atoms with Crippen molar-refractivity contribution in [1.29, 1.82) is 0 Å². The van der Waals surface area contributed by atoms with E-state index in [0.717, 1.165) is 12.1 Å². The van der Waals surface area contributed by atoms with Gasteiger partial charge < -0.3 is 4.90 Å². The van der Waals surface area contributed by atoms with Gasteiger partial charge in [-0.15, -0.1) is 0 Å². The molecule has 0 saturated carbocycles. The van der Waals surface area contributed by atoms with Crippen LogP contribution in [-0.2, 0) is 10.8 Å². The molecule has 0 unspecified atom stereocenters. The number of allylic oxidation sites excluding steroid dienone is 5. The normalized spacial score (nSPS) is 15.7. The molecule has 3 aliphatic carbocycles. The maximum Gasteiger partial charge on any atom is 0.0540 e. The SMILES string of the molecule is CC1(C)C2=CC(N(c3ccc4c(c3)C(C)(C)c3c(-c5ccc(-c6ccccc6)cc5)cccc3-4)c3ccccc3-c3ccccc3)=CC=C(C2)c2ccccc21. The highest BCUT2D eigenvalue weighted by atomic mass is 15.1. The van der Waals surface area contributed by atoms with E-state index in [1.165, 1.54) is 89.3 Å². The molecule has 0 fully saturated rings. The van der Waals surface area contributed by atoms with Crippen molar-refractivity contribution in [2.24, 2.45) is 0 Å². The Morgan fingerprint density at radius 3 is 1.79 bits per heavy atom. The summed E-state index contributed by atoms with van der Waals surface area (Å²) in [5.74, 6) is 0. The van der Waals surface area contributed by atoms with Gasteiger partial charge in [0.15, 0.2) is 0 Å². The Balaban J connectivity index is 1.13. The zero-order valence-electron chi connectivity index (χ0n) is 32.6. The molecule has 0 atom stereocenters. The molecule has 270 valence electrons. The largest absolute Gasteiger partial charge is 0.310 e. The molecular weight excluding hydrogens is 675 g/mol. The standard InChI is InChI=1S/C55H45N/c1-54(2)42-34-41(45-20-11-13-24-50(45)54)30-31-43(35-42)56(52-25-14-12-21-46(52)39-18-9-6-10-19-39)44-32-33-48-49-23-15-22-47(53(49)55(3,4)51(48)36-44)40-28-26-38(27-29-40)37-16-7-5-8-17-37/h5-33,35-36H,34H2,1-4H3. The summed E-state index contributed by atoms with van der Waals surface area (Å²) < 4.78 is 0. The maximum absolute atomic E-state index is 2.51. The van der Waals surface area contributed by atoms with E-state index in [1.807, 2.05) is 0 Å². The number of hydrogen-bond acceptors (Lipinski definition) is 1. The fraction of sp³-hybridized carbons (Fsp3) is 0.127. The van der Waals surface area contributed by atoms with Crippen molar-refractivity contribution in [3.63, 3.8) is 0 Å². The molecule has 0 amide bonds. The third kappa shape index (κ3) is 5.45. The molecule has 56 heavy (non-hydrogen) atoms. The van der Waals surface area contributed by atoms with Gasteiger partial charge in [-0.2, -0.15) is 0 Å². The fourth-order valence-electron chi connectivity index (χ4n) is 9.61. The Morgan fingerprint density at radius 2 is 1.02 bits per heavy atom. The summed E-state index contributed by atoms with van der Waals surface area (Å²) in [5.41, 5.74) is 21.6. The van der Waals surface area contributed by atoms with Crippen molar-refractivity contribution in [3.8, 4) is 44.5 Å². The Bertz CT molecular complexity index is 2740. The third-order valence-corrected chi connectivity index (χ3v) is 12.6. The first kappa shape index (κ1) is 34.1. The molecule has 7 aromatic rings. The van der Waals surface area contributed by atoms with Gasteiger partial charge in [0.1, 0.15) is 0 Å². The quantitative estimate of drug-likeness (QED) is 0.165. The highest BCUT2D eigenvalue weighted by Gasteiger charge is 2.39. The Labute approximate surface area is 331 Å².